The molecule has 0 fully saturated rings. The summed E-state index contributed by atoms with van der Waals surface area (Å²) in [6, 6.07) is 44.5. The van der Waals surface area contributed by atoms with Crippen molar-refractivity contribution in [3.63, 3.8) is 0 Å². The first-order chi connectivity index (χ1) is 24.1. The molecule has 2 aromatic heterocycles. The van der Waals surface area contributed by atoms with Crippen LogP contribution in [0.3, 0.4) is 0 Å². The van der Waals surface area contributed by atoms with E-state index in [0.717, 1.165) is 34.5 Å². The monoisotopic (exact) mass is 630 g/mol. The van der Waals surface area contributed by atoms with Crippen LogP contribution in [0.15, 0.2) is 171 Å². The maximum absolute atomic E-state index is 5.09. The minimum Gasteiger partial charge on any atom is -0.265 e. The molecule has 0 aliphatic heterocycles. The zero-order valence-electron chi connectivity index (χ0n) is 28.0. The SMILES string of the molecule is C=C/C(=C\C)c1cc(-c2cccc(-c3ccc4c(c3)-c3ccccc3C4(c3ccccc3)c3ccncc3)c2)cc(C2=CCC(C)C=C2)n1. The maximum Gasteiger partial charge on any atom is 0.0714 e. The van der Waals surface area contributed by atoms with Crippen LogP contribution in [0, 0.1) is 5.92 Å². The van der Waals surface area contributed by atoms with Crippen LogP contribution >= 0.6 is 0 Å². The average Bonchev–Trinajstić information content (AvgIpc) is 3.47. The fourth-order valence-electron chi connectivity index (χ4n) is 7.70. The Kier molecular flexibility index (Phi) is 7.86. The van der Waals surface area contributed by atoms with Gasteiger partial charge >= 0.3 is 0 Å². The molecule has 8 rings (SSSR count). The molecule has 0 spiro atoms. The number of benzene rings is 4. The fourth-order valence-corrected chi connectivity index (χ4v) is 7.70. The highest BCUT2D eigenvalue weighted by atomic mass is 14.7. The van der Waals surface area contributed by atoms with Crippen molar-refractivity contribution in [3.8, 4) is 33.4 Å². The number of aromatic nitrogens is 2. The first kappa shape index (κ1) is 30.5. The first-order valence-electron chi connectivity index (χ1n) is 17.1. The smallest absolute Gasteiger partial charge is 0.0714 e. The number of nitrogens with zero attached hydrogens (tertiary/aromatic N) is 2. The molecule has 2 nitrogen and oxygen atoms in total. The van der Waals surface area contributed by atoms with E-state index < -0.39 is 5.41 Å². The van der Waals surface area contributed by atoms with Gasteiger partial charge in [0.25, 0.3) is 0 Å². The van der Waals surface area contributed by atoms with E-state index in [1.54, 1.807) is 0 Å². The minimum atomic E-state index is -0.434. The second kappa shape index (κ2) is 12.6. The van der Waals surface area contributed by atoms with Crippen LogP contribution in [-0.4, -0.2) is 9.97 Å². The number of hydrogen-bond acceptors (Lipinski definition) is 2. The molecule has 2 heterocycles. The quantitative estimate of drug-likeness (QED) is 0.164. The summed E-state index contributed by atoms with van der Waals surface area (Å²) in [5, 5.41) is 0. The molecule has 0 saturated carbocycles. The lowest BCUT2D eigenvalue weighted by molar-refractivity contribution is 0.738. The van der Waals surface area contributed by atoms with E-state index in [1.807, 2.05) is 25.4 Å². The van der Waals surface area contributed by atoms with Crippen molar-refractivity contribution in [2.45, 2.75) is 25.7 Å². The van der Waals surface area contributed by atoms with Crippen LogP contribution in [0.5, 0.6) is 0 Å². The van der Waals surface area contributed by atoms with E-state index in [4.69, 9.17) is 4.98 Å². The van der Waals surface area contributed by atoms with Gasteiger partial charge in [0.05, 0.1) is 16.8 Å². The van der Waals surface area contributed by atoms with E-state index in [9.17, 15) is 0 Å². The predicted octanol–water partition coefficient (Wildman–Crippen LogP) is 11.7. The summed E-state index contributed by atoms with van der Waals surface area (Å²) in [6.07, 6.45) is 15.6. The van der Waals surface area contributed by atoms with Crippen LogP contribution in [0.2, 0.25) is 0 Å². The lowest BCUT2D eigenvalue weighted by atomic mass is 9.68. The number of hydrogen-bond donors (Lipinski definition) is 0. The molecule has 49 heavy (non-hydrogen) atoms. The standard InChI is InChI=1S/C47H38N2/c1-4-33(5-2)45-30-38(31-46(49-45)34-20-18-32(3)19-21-34)36-13-11-12-35(28-36)37-22-23-44-42(29-37)41-16-9-10-17-43(41)47(44,39-14-7-6-8-15-39)40-24-26-48-27-25-40/h4-18,20-32H,1,19H2,2-3H3/b33-5+. The third kappa shape index (κ3) is 5.21. The summed E-state index contributed by atoms with van der Waals surface area (Å²) in [4.78, 5) is 9.47. The number of allylic oxidation sites excluding steroid dienone is 7. The van der Waals surface area contributed by atoms with Crippen molar-refractivity contribution in [3.05, 3.63) is 204 Å². The van der Waals surface area contributed by atoms with E-state index >= 15 is 0 Å². The average molecular weight is 631 g/mol. The van der Waals surface area contributed by atoms with Gasteiger partial charge in [-0.15, -0.1) is 0 Å². The van der Waals surface area contributed by atoms with Crippen LogP contribution in [0.4, 0.5) is 0 Å². The molecule has 0 bridgehead atoms. The van der Waals surface area contributed by atoms with Gasteiger partial charge in [0.2, 0.25) is 0 Å². The highest BCUT2D eigenvalue weighted by Gasteiger charge is 2.46. The van der Waals surface area contributed by atoms with Gasteiger partial charge in [0.1, 0.15) is 0 Å². The fraction of sp³-hybridized carbons (Fsp3) is 0.106. The molecular formula is C47H38N2. The molecule has 4 aromatic carbocycles. The second-order valence-electron chi connectivity index (χ2n) is 13.0. The Morgan fingerprint density at radius 3 is 2.18 bits per heavy atom. The lowest BCUT2D eigenvalue weighted by Crippen LogP contribution is -2.28. The molecule has 0 amide bonds. The molecule has 236 valence electrons. The van der Waals surface area contributed by atoms with Gasteiger partial charge in [0, 0.05) is 12.4 Å². The second-order valence-corrected chi connectivity index (χ2v) is 13.0. The zero-order chi connectivity index (χ0) is 33.4. The largest absolute Gasteiger partial charge is 0.265 e. The van der Waals surface area contributed by atoms with Crippen molar-refractivity contribution >= 4 is 11.1 Å². The molecule has 2 aliphatic rings. The van der Waals surface area contributed by atoms with Gasteiger partial charge in [-0.2, -0.15) is 0 Å². The summed E-state index contributed by atoms with van der Waals surface area (Å²) in [5.74, 6) is 0.546. The summed E-state index contributed by atoms with van der Waals surface area (Å²) < 4.78 is 0. The summed E-state index contributed by atoms with van der Waals surface area (Å²) in [6.45, 7) is 8.36. The molecule has 0 N–H and O–H groups in total. The Morgan fingerprint density at radius 1 is 0.714 bits per heavy atom. The Hall–Kier alpha value is -5.86. The van der Waals surface area contributed by atoms with Crippen molar-refractivity contribution in [1.82, 2.24) is 9.97 Å². The minimum absolute atomic E-state index is 0.434. The molecule has 2 unspecified atom stereocenters. The predicted molar refractivity (Wildman–Crippen MR) is 205 cm³/mol. The third-order valence-electron chi connectivity index (χ3n) is 10.2. The molecular weight excluding hydrogens is 593 g/mol. The van der Waals surface area contributed by atoms with Gasteiger partial charge in [0.15, 0.2) is 0 Å². The molecule has 6 aromatic rings. The lowest BCUT2D eigenvalue weighted by Gasteiger charge is -2.33. The third-order valence-corrected chi connectivity index (χ3v) is 10.2. The van der Waals surface area contributed by atoms with Crippen LogP contribution in [0.1, 0.15) is 53.9 Å². The van der Waals surface area contributed by atoms with Crippen molar-refractivity contribution in [2.75, 3.05) is 0 Å². The topological polar surface area (TPSA) is 25.8 Å². The van der Waals surface area contributed by atoms with Gasteiger partial charge in [-0.25, -0.2) is 4.98 Å². The summed E-state index contributed by atoms with van der Waals surface area (Å²) in [5.41, 5.74) is 16.0. The van der Waals surface area contributed by atoms with Crippen molar-refractivity contribution in [2.24, 2.45) is 5.92 Å². The molecule has 2 heteroatoms. The highest BCUT2D eigenvalue weighted by molar-refractivity contribution is 5.89. The summed E-state index contributed by atoms with van der Waals surface area (Å²) >= 11 is 0. The van der Waals surface area contributed by atoms with Gasteiger partial charge in [-0.3, -0.25) is 4.98 Å². The molecule has 2 aliphatic carbocycles. The van der Waals surface area contributed by atoms with E-state index in [0.29, 0.717) is 5.92 Å². The van der Waals surface area contributed by atoms with E-state index in [2.05, 4.69) is 164 Å². The van der Waals surface area contributed by atoms with E-state index in [1.165, 1.54) is 50.1 Å². The van der Waals surface area contributed by atoms with Crippen molar-refractivity contribution < 1.29 is 0 Å². The Bertz CT molecular complexity index is 2250. The van der Waals surface area contributed by atoms with Gasteiger partial charge in [-0.1, -0.05) is 129 Å². The van der Waals surface area contributed by atoms with Crippen LogP contribution in [-0.2, 0) is 5.41 Å². The zero-order valence-corrected chi connectivity index (χ0v) is 28.0. The Balaban J connectivity index is 1.27. The Morgan fingerprint density at radius 2 is 1.43 bits per heavy atom. The molecule has 2 atom stereocenters. The maximum atomic E-state index is 5.09. The highest BCUT2D eigenvalue weighted by Crippen LogP contribution is 2.56. The van der Waals surface area contributed by atoms with Gasteiger partial charge < -0.3 is 0 Å². The number of pyridine rings is 2. The normalized spacial score (nSPS) is 18.0. The van der Waals surface area contributed by atoms with E-state index in [-0.39, 0.29) is 0 Å². The Labute approximate surface area is 289 Å². The summed E-state index contributed by atoms with van der Waals surface area (Å²) in [7, 11) is 0. The van der Waals surface area contributed by atoms with Crippen LogP contribution < -0.4 is 0 Å². The van der Waals surface area contributed by atoms with Crippen LogP contribution in [0.25, 0.3) is 44.5 Å². The number of rotatable bonds is 7. The molecule has 0 radical (unpaired) electrons. The first-order valence-corrected chi connectivity index (χ1v) is 17.1. The van der Waals surface area contributed by atoms with Crippen molar-refractivity contribution in [1.29, 1.82) is 0 Å². The van der Waals surface area contributed by atoms with Gasteiger partial charge in [-0.05, 0) is 122 Å². The number of fused-ring (bicyclic) bond motifs is 3. The molecule has 0 saturated heterocycles.